The van der Waals surface area contributed by atoms with Gasteiger partial charge in [0.2, 0.25) is 11.8 Å². The molecule has 2 aromatic carbocycles. The molecule has 8 heteroatoms. The highest BCUT2D eigenvalue weighted by Gasteiger charge is 2.80. The summed E-state index contributed by atoms with van der Waals surface area (Å²) in [4.78, 5) is 50.1. The van der Waals surface area contributed by atoms with Gasteiger partial charge in [0.1, 0.15) is 11.6 Å². The van der Waals surface area contributed by atoms with Crippen molar-refractivity contribution in [2.45, 2.75) is 84.2 Å². The number of amides is 3. The molecule has 2 aromatic rings. The molecule has 8 nitrogen and oxygen atoms in total. The minimum atomic E-state index is -1.24. The van der Waals surface area contributed by atoms with E-state index < -0.39 is 35.1 Å². The average molecular weight is 642 g/mol. The summed E-state index contributed by atoms with van der Waals surface area (Å²) in [7, 11) is 0. The highest BCUT2D eigenvalue weighted by molar-refractivity contribution is 6.06. The Bertz CT molecular complexity index is 1510. The number of fused-ring (bicyclic) bond motifs is 1. The van der Waals surface area contributed by atoms with Gasteiger partial charge < -0.3 is 24.5 Å². The molecule has 1 spiro atoms. The summed E-state index contributed by atoms with van der Waals surface area (Å²) in [5.74, 6) is -2.66. The Morgan fingerprint density at radius 1 is 1.06 bits per heavy atom. The first-order chi connectivity index (χ1) is 22.4. The van der Waals surface area contributed by atoms with Crippen molar-refractivity contribution in [3.63, 3.8) is 0 Å². The zero-order valence-electron chi connectivity index (χ0n) is 28.8. The summed E-state index contributed by atoms with van der Waals surface area (Å²) in [6.07, 6.45) is 4.54. The number of aliphatic hydroxyl groups excluding tert-OH is 1. The smallest absolute Gasteiger partial charge is 0.253 e. The number of likely N-dealkylation sites (tertiary alicyclic amines) is 1. The van der Waals surface area contributed by atoms with Gasteiger partial charge in [-0.15, -0.1) is 13.2 Å². The van der Waals surface area contributed by atoms with E-state index in [1.54, 1.807) is 26.9 Å². The quantitative estimate of drug-likeness (QED) is 0.294. The zero-order chi connectivity index (χ0) is 34.3. The van der Waals surface area contributed by atoms with E-state index in [4.69, 9.17) is 4.74 Å². The number of nitrogens with zero attached hydrogens (tertiary/aromatic N) is 3. The lowest BCUT2D eigenvalue weighted by Gasteiger charge is -2.41. The lowest BCUT2D eigenvalue weighted by atomic mass is 9.62. The summed E-state index contributed by atoms with van der Waals surface area (Å²) < 4.78 is 7.07. The number of rotatable bonds is 13. The third-order valence-electron chi connectivity index (χ3n) is 11.3. The maximum absolute atomic E-state index is 15.2. The monoisotopic (exact) mass is 641 g/mol. The van der Waals surface area contributed by atoms with Gasteiger partial charge in [0, 0.05) is 25.3 Å². The van der Waals surface area contributed by atoms with Crippen molar-refractivity contribution >= 4 is 23.4 Å². The summed E-state index contributed by atoms with van der Waals surface area (Å²) in [5.41, 5.74) is 1.39. The number of anilines is 1. The van der Waals surface area contributed by atoms with Gasteiger partial charge >= 0.3 is 0 Å². The molecule has 5 rings (SSSR count). The van der Waals surface area contributed by atoms with Crippen LogP contribution in [0.5, 0.6) is 0 Å². The molecule has 0 aliphatic carbocycles. The Morgan fingerprint density at radius 3 is 2.28 bits per heavy atom. The van der Waals surface area contributed by atoms with Crippen molar-refractivity contribution in [1.82, 2.24) is 9.80 Å². The standard InChI is InChI=1S/C39H51N3O5/c1-9-20-40(23-29-18-13-12-14-19-29)35(44)31-32-36(45)42(30(24-43)25(4)11-3)34(39(32)22-28(7)38(31,8)47-39)37(46)41(21-10-2)33-26(5)16-15-17-27(33)6/h9-10,12-19,25,28,30-32,34,43H,1-2,11,20-24H2,3-8H3/t25-,28?,30-,31+,32-,34?,38-,39?/m0/s1. The molecule has 0 aromatic heterocycles. The van der Waals surface area contributed by atoms with Crippen LogP contribution in [-0.2, 0) is 25.7 Å². The molecule has 3 unspecified atom stereocenters. The van der Waals surface area contributed by atoms with Gasteiger partial charge in [-0.3, -0.25) is 14.4 Å². The van der Waals surface area contributed by atoms with Crippen LogP contribution in [-0.4, -0.2) is 75.6 Å². The van der Waals surface area contributed by atoms with Crippen molar-refractivity contribution < 1.29 is 24.2 Å². The minimum absolute atomic E-state index is 0.0998. The van der Waals surface area contributed by atoms with Gasteiger partial charge in [-0.05, 0) is 55.7 Å². The van der Waals surface area contributed by atoms with Gasteiger partial charge in [-0.25, -0.2) is 0 Å². The first-order valence-electron chi connectivity index (χ1n) is 17.0. The van der Waals surface area contributed by atoms with Crippen LogP contribution < -0.4 is 4.90 Å². The highest BCUT2D eigenvalue weighted by atomic mass is 16.5. The fraction of sp³-hybridized carbons (Fsp3) is 0.513. The van der Waals surface area contributed by atoms with Gasteiger partial charge in [0.25, 0.3) is 5.91 Å². The molecule has 3 heterocycles. The number of aryl methyl sites for hydroxylation is 2. The van der Waals surface area contributed by atoms with E-state index in [9.17, 15) is 9.90 Å². The van der Waals surface area contributed by atoms with E-state index in [1.807, 2.05) is 83.1 Å². The maximum Gasteiger partial charge on any atom is 0.253 e. The molecule has 0 radical (unpaired) electrons. The Balaban J connectivity index is 1.67. The van der Waals surface area contributed by atoms with Crippen LogP contribution in [0.2, 0.25) is 0 Å². The SMILES string of the molecule is C=CCN(Cc1ccccc1)C(=O)[C@H]1[C@H]2C(=O)N([C@@H](CO)[C@@H](C)CC)C(C(=O)N(CC=C)c3c(C)cccc3C)C23CC(C)[C@]1(C)O3. The lowest BCUT2D eigenvalue weighted by Crippen LogP contribution is -2.60. The summed E-state index contributed by atoms with van der Waals surface area (Å²) >= 11 is 0. The summed E-state index contributed by atoms with van der Waals surface area (Å²) in [5, 5.41) is 10.8. The van der Waals surface area contributed by atoms with Gasteiger partial charge in [0.05, 0.1) is 30.1 Å². The number of para-hydroxylation sites is 1. The van der Waals surface area contributed by atoms with Crippen molar-refractivity contribution in [2.75, 3.05) is 24.6 Å². The fourth-order valence-corrected chi connectivity index (χ4v) is 8.69. The topological polar surface area (TPSA) is 90.4 Å². The zero-order valence-corrected chi connectivity index (χ0v) is 28.8. The van der Waals surface area contributed by atoms with Crippen LogP contribution in [0.25, 0.3) is 0 Å². The van der Waals surface area contributed by atoms with Gasteiger partial charge in [-0.1, -0.05) is 87.9 Å². The molecular formula is C39H51N3O5. The molecule has 1 N–H and O–H groups in total. The van der Waals surface area contributed by atoms with Crippen LogP contribution in [0.15, 0.2) is 73.8 Å². The summed E-state index contributed by atoms with van der Waals surface area (Å²) in [6, 6.07) is 14.0. The Kier molecular flexibility index (Phi) is 9.86. The van der Waals surface area contributed by atoms with E-state index in [2.05, 4.69) is 20.1 Å². The second kappa shape index (κ2) is 13.4. The van der Waals surface area contributed by atoms with E-state index >= 15 is 9.59 Å². The number of ether oxygens (including phenoxy) is 1. The van der Waals surface area contributed by atoms with Crippen LogP contribution in [0.1, 0.15) is 57.2 Å². The van der Waals surface area contributed by atoms with Gasteiger partial charge in [0.15, 0.2) is 0 Å². The third-order valence-corrected chi connectivity index (χ3v) is 11.3. The number of carbonyl (C=O) groups excluding carboxylic acids is 3. The molecule has 3 fully saturated rings. The molecule has 3 aliphatic rings. The first-order valence-corrected chi connectivity index (χ1v) is 17.0. The highest BCUT2D eigenvalue weighted by Crippen LogP contribution is 2.66. The second-order valence-corrected chi connectivity index (χ2v) is 14.1. The molecule has 3 amide bonds. The van der Waals surface area contributed by atoms with Crippen LogP contribution >= 0.6 is 0 Å². The molecule has 8 atom stereocenters. The van der Waals surface area contributed by atoms with Crippen molar-refractivity contribution in [3.8, 4) is 0 Å². The molecule has 252 valence electrons. The molecule has 3 aliphatic heterocycles. The molecule has 2 bridgehead atoms. The van der Waals surface area contributed by atoms with Crippen LogP contribution in [0, 0.1) is 37.5 Å². The normalized spacial score (nSPS) is 28.9. The Hall–Kier alpha value is -3.75. The average Bonchev–Trinajstić information content (AvgIpc) is 3.56. The van der Waals surface area contributed by atoms with E-state index in [0.29, 0.717) is 25.9 Å². The largest absolute Gasteiger partial charge is 0.394 e. The first kappa shape index (κ1) is 34.6. The third kappa shape index (κ3) is 5.53. The molecular weight excluding hydrogens is 590 g/mol. The van der Waals surface area contributed by atoms with Crippen molar-refractivity contribution in [1.29, 1.82) is 0 Å². The lowest BCUT2D eigenvalue weighted by molar-refractivity contribution is -0.155. The van der Waals surface area contributed by atoms with Crippen LogP contribution in [0.4, 0.5) is 5.69 Å². The molecule has 0 saturated carbocycles. The van der Waals surface area contributed by atoms with Crippen LogP contribution in [0.3, 0.4) is 0 Å². The van der Waals surface area contributed by atoms with Crippen molar-refractivity contribution in [3.05, 3.63) is 90.5 Å². The number of hydrogen-bond acceptors (Lipinski definition) is 5. The number of aliphatic hydroxyl groups is 1. The van der Waals surface area contributed by atoms with Crippen molar-refractivity contribution in [2.24, 2.45) is 23.7 Å². The fourth-order valence-electron chi connectivity index (χ4n) is 8.69. The van der Waals surface area contributed by atoms with E-state index in [-0.39, 0.29) is 42.7 Å². The predicted octanol–water partition coefficient (Wildman–Crippen LogP) is 5.45. The van der Waals surface area contributed by atoms with E-state index in [0.717, 1.165) is 22.4 Å². The predicted molar refractivity (Wildman–Crippen MR) is 184 cm³/mol. The maximum atomic E-state index is 15.2. The molecule has 3 saturated heterocycles. The van der Waals surface area contributed by atoms with Gasteiger partial charge in [-0.2, -0.15) is 0 Å². The van der Waals surface area contributed by atoms with E-state index in [1.165, 1.54) is 0 Å². The minimum Gasteiger partial charge on any atom is -0.394 e. The Labute approximate surface area is 280 Å². The Morgan fingerprint density at radius 2 is 1.70 bits per heavy atom. The number of hydrogen-bond donors (Lipinski definition) is 1. The second-order valence-electron chi connectivity index (χ2n) is 14.1. The number of benzene rings is 2. The summed E-state index contributed by atoms with van der Waals surface area (Å²) in [6.45, 7) is 20.4. The number of carbonyl (C=O) groups is 3. The molecule has 47 heavy (non-hydrogen) atoms.